The molecule has 0 amide bonds. The summed E-state index contributed by atoms with van der Waals surface area (Å²) in [5, 5.41) is 24.6. The molecule has 0 aliphatic carbocycles. The average molecular weight is 438 g/mol. The number of H-pyrrole nitrogens is 2. The van der Waals surface area contributed by atoms with Gasteiger partial charge in [-0.2, -0.15) is 18.3 Å². The zero-order valence-electron chi connectivity index (χ0n) is 16.5. The Bertz CT molecular complexity index is 1000. The summed E-state index contributed by atoms with van der Waals surface area (Å²) in [5.41, 5.74) is 2.02. The predicted molar refractivity (Wildman–Crippen MR) is 103 cm³/mol. The molecule has 1 aromatic carbocycles. The highest BCUT2D eigenvalue weighted by molar-refractivity contribution is 5.73. The van der Waals surface area contributed by atoms with Crippen LogP contribution in [0.3, 0.4) is 0 Å². The van der Waals surface area contributed by atoms with Crippen molar-refractivity contribution in [2.24, 2.45) is 0 Å². The molecule has 4 rings (SSSR count). The van der Waals surface area contributed by atoms with Gasteiger partial charge in [0.15, 0.2) is 5.82 Å². The highest BCUT2D eigenvalue weighted by atomic mass is 19.4. The lowest BCUT2D eigenvalue weighted by Gasteiger charge is -2.21. The standard InChI is InChI=1S/C17H20N6O.C2HF3O2/c1-11-18-8-13(19-11)9-23-10-14(24)7-15(23)17-20-16(21-22-17)12-5-3-2-4-6-12;3-2(4,5)1(6)7/h2-6,8,14-15,24H,7,9-10H2,1H3,(H,18,19)(H,20,21,22);(H,6,7)/t14-,15+;/m1./s1. The molecule has 2 aromatic heterocycles. The number of carboxylic acid groups (broad SMARTS) is 1. The van der Waals surface area contributed by atoms with Crippen LogP contribution in [0, 0.1) is 6.92 Å². The molecule has 166 valence electrons. The van der Waals surface area contributed by atoms with Gasteiger partial charge in [-0.25, -0.2) is 14.8 Å². The molecule has 12 heteroatoms. The van der Waals surface area contributed by atoms with Crippen LogP contribution < -0.4 is 0 Å². The number of carboxylic acids is 1. The number of aliphatic carboxylic acids is 1. The Labute approximate surface area is 175 Å². The predicted octanol–water partition coefficient (Wildman–Crippen LogP) is 2.44. The van der Waals surface area contributed by atoms with Crippen LogP contribution in [0.25, 0.3) is 11.4 Å². The van der Waals surface area contributed by atoms with Crippen molar-refractivity contribution in [3.63, 3.8) is 0 Å². The molecule has 1 aliphatic heterocycles. The number of β-amino-alcohol motifs (C(OH)–C–C–N with tert-alkyl or cyclic N) is 1. The number of imidazole rings is 1. The average Bonchev–Trinajstić information content (AvgIpc) is 3.43. The minimum Gasteiger partial charge on any atom is -0.475 e. The van der Waals surface area contributed by atoms with Gasteiger partial charge in [-0.1, -0.05) is 30.3 Å². The fraction of sp³-hybridized carbons (Fsp3) is 0.368. The van der Waals surface area contributed by atoms with Gasteiger partial charge < -0.3 is 15.2 Å². The van der Waals surface area contributed by atoms with Crippen molar-refractivity contribution in [2.45, 2.75) is 38.2 Å². The monoisotopic (exact) mass is 438 g/mol. The Morgan fingerprint density at radius 2 is 1.97 bits per heavy atom. The van der Waals surface area contributed by atoms with E-state index in [4.69, 9.17) is 9.90 Å². The van der Waals surface area contributed by atoms with Crippen LogP contribution in [0.2, 0.25) is 0 Å². The van der Waals surface area contributed by atoms with Gasteiger partial charge in [0.1, 0.15) is 11.6 Å². The lowest BCUT2D eigenvalue weighted by atomic mass is 10.2. The van der Waals surface area contributed by atoms with E-state index in [9.17, 15) is 18.3 Å². The van der Waals surface area contributed by atoms with Crippen LogP contribution in [0.5, 0.6) is 0 Å². The maximum atomic E-state index is 10.6. The number of aryl methyl sites for hydroxylation is 1. The summed E-state index contributed by atoms with van der Waals surface area (Å²) in [5.74, 6) is -0.384. The zero-order valence-corrected chi connectivity index (χ0v) is 16.5. The quantitative estimate of drug-likeness (QED) is 0.492. The van der Waals surface area contributed by atoms with Crippen LogP contribution in [-0.2, 0) is 11.3 Å². The molecular weight excluding hydrogens is 417 g/mol. The topological polar surface area (TPSA) is 131 Å². The van der Waals surface area contributed by atoms with Gasteiger partial charge in [0.25, 0.3) is 0 Å². The zero-order chi connectivity index (χ0) is 22.6. The summed E-state index contributed by atoms with van der Waals surface area (Å²) in [6, 6.07) is 9.91. The molecule has 2 atom stereocenters. The second-order valence-corrected chi connectivity index (χ2v) is 7.04. The van der Waals surface area contributed by atoms with Gasteiger partial charge in [-0.15, -0.1) is 0 Å². The number of rotatable bonds is 4. The summed E-state index contributed by atoms with van der Waals surface area (Å²) in [7, 11) is 0. The van der Waals surface area contributed by atoms with Crippen LogP contribution in [-0.4, -0.2) is 65.1 Å². The Hall–Kier alpha value is -3.25. The molecular formula is C19H21F3N6O3. The first-order chi connectivity index (χ1) is 14.6. The van der Waals surface area contributed by atoms with Gasteiger partial charge in [-0.05, 0) is 13.3 Å². The van der Waals surface area contributed by atoms with Gasteiger partial charge in [-0.3, -0.25) is 10.00 Å². The van der Waals surface area contributed by atoms with Crippen molar-refractivity contribution >= 4 is 5.97 Å². The number of aliphatic hydroxyl groups excluding tert-OH is 1. The lowest BCUT2D eigenvalue weighted by molar-refractivity contribution is -0.192. The third kappa shape index (κ3) is 5.89. The molecule has 0 radical (unpaired) electrons. The number of aromatic amines is 2. The summed E-state index contributed by atoms with van der Waals surface area (Å²) in [6.07, 6.45) is -2.95. The van der Waals surface area contributed by atoms with Gasteiger partial charge in [0.05, 0.1) is 12.1 Å². The third-order valence-corrected chi connectivity index (χ3v) is 4.60. The molecule has 3 heterocycles. The summed E-state index contributed by atoms with van der Waals surface area (Å²) in [4.78, 5) is 23.2. The van der Waals surface area contributed by atoms with E-state index in [0.717, 1.165) is 22.9 Å². The smallest absolute Gasteiger partial charge is 0.475 e. The molecule has 0 bridgehead atoms. The van der Waals surface area contributed by atoms with Gasteiger partial charge >= 0.3 is 12.1 Å². The molecule has 1 fully saturated rings. The number of nitrogens with one attached hydrogen (secondary N) is 2. The summed E-state index contributed by atoms with van der Waals surface area (Å²) < 4.78 is 31.7. The molecule has 0 spiro atoms. The van der Waals surface area contributed by atoms with Crippen LogP contribution >= 0.6 is 0 Å². The molecule has 1 saturated heterocycles. The van der Waals surface area contributed by atoms with Crippen molar-refractivity contribution in [3.05, 3.63) is 53.9 Å². The Kier molecular flexibility index (Phi) is 6.71. The van der Waals surface area contributed by atoms with Gasteiger partial charge in [0.2, 0.25) is 0 Å². The molecule has 31 heavy (non-hydrogen) atoms. The van der Waals surface area contributed by atoms with Crippen molar-refractivity contribution in [1.29, 1.82) is 0 Å². The fourth-order valence-corrected chi connectivity index (χ4v) is 3.25. The first-order valence-electron chi connectivity index (χ1n) is 9.34. The minimum atomic E-state index is -5.08. The summed E-state index contributed by atoms with van der Waals surface area (Å²) in [6.45, 7) is 3.25. The molecule has 0 unspecified atom stereocenters. The SMILES string of the molecule is Cc1ncc(CN2C[C@H](O)C[C@H]2c2nc(-c3ccccc3)n[nH]2)[nH]1.O=C(O)C(F)(F)F. The lowest BCUT2D eigenvalue weighted by Crippen LogP contribution is -2.25. The second-order valence-electron chi connectivity index (χ2n) is 7.04. The third-order valence-electron chi connectivity index (χ3n) is 4.60. The van der Waals surface area contributed by atoms with Crippen LogP contribution in [0.1, 0.15) is 29.8 Å². The Morgan fingerprint density at radius 1 is 1.29 bits per heavy atom. The van der Waals surface area contributed by atoms with E-state index < -0.39 is 12.1 Å². The van der Waals surface area contributed by atoms with Gasteiger partial charge in [0, 0.05) is 30.5 Å². The van der Waals surface area contributed by atoms with E-state index in [-0.39, 0.29) is 12.1 Å². The fourth-order valence-electron chi connectivity index (χ4n) is 3.25. The number of hydrogen-bond acceptors (Lipinski definition) is 6. The maximum Gasteiger partial charge on any atom is 0.490 e. The normalized spacial score (nSPS) is 19.1. The van der Waals surface area contributed by atoms with E-state index in [1.807, 2.05) is 43.5 Å². The van der Waals surface area contributed by atoms with E-state index >= 15 is 0 Å². The highest BCUT2D eigenvalue weighted by Gasteiger charge is 2.38. The second kappa shape index (κ2) is 9.27. The number of hydrogen-bond donors (Lipinski definition) is 4. The highest BCUT2D eigenvalue weighted by Crippen LogP contribution is 2.32. The van der Waals surface area contributed by atoms with Crippen LogP contribution in [0.15, 0.2) is 36.5 Å². The number of carbonyl (C=O) groups is 1. The van der Waals surface area contributed by atoms with Crippen molar-refractivity contribution in [2.75, 3.05) is 6.54 Å². The van der Waals surface area contributed by atoms with E-state index in [1.165, 1.54) is 0 Å². The Balaban J connectivity index is 0.000000339. The molecule has 1 aliphatic rings. The minimum absolute atomic E-state index is 0.0218. The van der Waals surface area contributed by atoms with Crippen molar-refractivity contribution in [3.8, 4) is 11.4 Å². The maximum absolute atomic E-state index is 10.6. The number of aliphatic hydroxyl groups is 1. The largest absolute Gasteiger partial charge is 0.490 e. The van der Waals surface area contributed by atoms with E-state index in [0.29, 0.717) is 25.3 Å². The Morgan fingerprint density at radius 3 is 2.55 bits per heavy atom. The molecule has 0 saturated carbocycles. The van der Waals surface area contributed by atoms with Crippen molar-refractivity contribution < 1.29 is 28.2 Å². The van der Waals surface area contributed by atoms with E-state index in [1.54, 1.807) is 0 Å². The molecule has 3 aromatic rings. The van der Waals surface area contributed by atoms with E-state index in [2.05, 4.69) is 30.0 Å². The van der Waals surface area contributed by atoms with Crippen molar-refractivity contribution in [1.82, 2.24) is 30.0 Å². The number of halogens is 3. The first-order valence-corrected chi connectivity index (χ1v) is 9.34. The number of aromatic nitrogens is 5. The summed E-state index contributed by atoms with van der Waals surface area (Å²) >= 11 is 0. The van der Waals surface area contributed by atoms with Crippen LogP contribution in [0.4, 0.5) is 13.2 Å². The number of alkyl halides is 3. The number of benzene rings is 1. The molecule has 9 nitrogen and oxygen atoms in total. The first kappa shape index (κ1) is 22.4. The molecule has 4 N–H and O–H groups in total. The number of likely N-dealkylation sites (tertiary alicyclic amines) is 1. The number of nitrogens with zero attached hydrogens (tertiary/aromatic N) is 4.